The lowest BCUT2D eigenvalue weighted by atomic mass is 10.0. The zero-order valence-corrected chi connectivity index (χ0v) is 13.7. The largest absolute Gasteiger partial charge is 0.476 e. The lowest BCUT2D eigenvalue weighted by Crippen LogP contribution is -2.43. The number of hydrogen-bond donors (Lipinski definition) is 0. The summed E-state index contributed by atoms with van der Waals surface area (Å²) in [6, 6.07) is 17.9. The first-order chi connectivity index (χ1) is 11.5. The monoisotopic (exact) mass is 321 g/mol. The Morgan fingerprint density at radius 1 is 0.958 bits per heavy atom. The summed E-state index contributed by atoms with van der Waals surface area (Å²) in [4.78, 5) is 26.9. The van der Waals surface area contributed by atoms with Gasteiger partial charge in [-0.05, 0) is 26.0 Å². The van der Waals surface area contributed by atoms with Crippen molar-refractivity contribution < 1.29 is 14.3 Å². The molecule has 2 aromatic rings. The number of carbonyl (C=O) groups is 2. The van der Waals surface area contributed by atoms with Crippen molar-refractivity contribution in [1.29, 1.82) is 0 Å². The summed E-state index contributed by atoms with van der Waals surface area (Å²) >= 11 is 0. The van der Waals surface area contributed by atoms with Gasteiger partial charge in [0.05, 0.1) is 5.54 Å². The molecule has 2 aromatic carbocycles. The minimum absolute atomic E-state index is 0.176. The molecule has 0 radical (unpaired) electrons. The Morgan fingerprint density at radius 3 is 2.08 bits per heavy atom. The number of allylic oxidation sites excluding steroid dienone is 1. The maximum absolute atomic E-state index is 12.9. The van der Waals surface area contributed by atoms with Gasteiger partial charge in [0.1, 0.15) is 6.61 Å². The predicted molar refractivity (Wildman–Crippen MR) is 91.5 cm³/mol. The number of nitrogens with zero attached hydrogens (tertiary/aromatic N) is 1. The van der Waals surface area contributed by atoms with Crippen LogP contribution in [0.5, 0.6) is 0 Å². The zero-order chi connectivity index (χ0) is 17.2. The van der Waals surface area contributed by atoms with Gasteiger partial charge in [-0.15, -0.1) is 0 Å². The second-order valence-corrected chi connectivity index (χ2v) is 6.32. The van der Waals surface area contributed by atoms with Crippen molar-refractivity contribution in [2.45, 2.75) is 19.4 Å². The van der Waals surface area contributed by atoms with Crippen molar-refractivity contribution in [3.63, 3.8) is 0 Å². The smallest absolute Gasteiger partial charge is 0.261 e. The highest BCUT2D eigenvalue weighted by Crippen LogP contribution is 2.31. The summed E-state index contributed by atoms with van der Waals surface area (Å²) in [6.45, 7) is 4.18. The van der Waals surface area contributed by atoms with Crippen molar-refractivity contribution in [3.8, 4) is 0 Å². The van der Waals surface area contributed by atoms with Crippen molar-refractivity contribution in [3.05, 3.63) is 83.7 Å². The molecule has 0 aliphatic carbocycles. The number of carbonyl (C=O) groups excluding carboxylic acids is 2. The molecule has 24 heavy (non-hydrogen) atoms. The molecule has 0 saturated carbocycles. The predicted octanol–water partition coefficient (Wildman–Crippen LogP) is 3.66. The first-order valence-corrected chi connectivity index (χ1v) is 7.82. The van der Waals surface area contributed by atoms with Gasteiger partial charge in [-0.25, -0.2) is 0 Å². The Balaban J connectivity index is 1.94. The lowest BCUT2D eigenvalue weighted by Gasteiger charge is -2.28. The van der Waals surface area contributed by atoms with Crippen LogP contribution in [0.3, 0.4) is 0 Å². The summed E-state index contributed by atoms with van der Waals surface area (Å²) in [6.07, 6.45) is 1.39. The number of rotatable bonds is 3. The van der Waals surface area contributed by atoms with Crippen LogP contribution in [0, 0.1) is 0 Å². The minimum atomic E-state index is -0.518. The van der Waals surface area contributed by atoms with Gasteiger partial charge in [0.15, 0.2) is 5.78 Å². The van der Waals surface area contributed by atoms with Crippen LogP contribution in [-0.4, -0.2) is 28.7 Å². The van der Waals surface area contributed by atoms with Crippen LogP contribution < -0.4 is 0 Å². The van der Waals surface area contributed by atoms with Crippen LogP contribution in [0.1, 0.15) is 34.6 Å². The molecule has 0 aromatic heterocycles. The molecule has 1 heterocycles. The summed E-state index contributed by atoms with van der Waals surface area (Å²) in [7, 11) is 0. The van der Waals surface area contributed by atoms with Crippen molar-refractivity contribution >= 4 is 11.7 Å². The topological polar surface area (TPSA) is 46.6 Å². The van der Waals surface area contributed by atoms with E-state index in [0.717, 1.165) is 0 Å². The average Bonchev–Trinajstić information content (AvgIpc) is 2.90. The van der Waals surface area contributed by atoms with Crippen molar-refractivity contribution in [2.24, 2.45) is 0 Å². The summed E-state index contributed by atoms with van der Waals surface area (Å²) in [5.74, 6) is -0.0675. The van der Waals surface area contributed by atoms with Gasteiger partial charge in [-0.1, -0.05) is 48.5 Å². The highest BCUT2D eigenvalue weighted by atomic mass is 16.5. The van der Waals surface area contributed by atoms with E-state index >= 15 is 0 Å². The summed E-state index contributed by atoms with van der Waals surface area (Å²) in [5.41, 5.74) is 0.606. The number of benzene rings is 2. The normalized spacial score (nSPS) is 17.6. The Kier molecular flexibility index (Phi) is 4.21. The van der Waals surface area contributed by atoms with Crippen molar-refractivity contribution in [2.75, 3.05) is 6.61 Å². The Bertz CT molecular complexity index is 779. The lowest BCUT2D eigenvalue weighted by molar-refractivity contribution is 0.0709. The van der Waals surface area contributed by atoms with Gasteiger partial charge >= 0.3 is 0 Å². The fourth-order valence-corrected chi connectivity index (χ4v) is 2.67. The summed E-state index contributed by atoms with van der Waals surface area (Å²) in [5, 5.41) is 0. The van der Waals surface area contributed by atoms with E-state index in [1.807, 2.05) is 38.1 Å². The second kappa shape index (κ2) is 6.32. The molecule has 0 N–H and O–H groups in total. The average molecular weight is 321 g/mol. The Hall–Kier alpha value is -2.88. The third-order valence-electron chi connectivity index (χ3n) is 3.94. The standard InChI is InChI=1S/C20H19NO3/c1-20(2)14-24-18(13-17(22)15-9-5-3-6-10-15)21(20)19(23)16-11-7-4-8-12-16/h3-13H,14H2,1-2H3/b18-13-. The number of hydrogen-bond acceptors (Lipinski definition) is 3. The van der Waals surface area contributed by atoms with Crippen LogP contribution >= 0.6 is 0 Å². The molecule has 0 atom stereocenters. The molecule has 1 amide bonds. The van der Waals surface area contributed by atoms with E-state index in [4.69, 9.17) is 4.74 Å². The van der Waals surface area contributed by atoms with Gasteiger partial charge in [0.2, 0.25) is 5.88 Å². The quantitative estimate of drug-likeness (QED) is 0.640. The van der Waals surface area contributed by atoms with Gasteiger partial charge in [-0.3, -0.25) is 14.5 Å². The number of ketones is 1. The molecule has 4 heteroatoms. The van der Waals surface area contributed by atoms with Crippen molar-refractivity contribution in [1.82, 2.24) is 4.90 Å². The fourth-order valence-electron chi connectivity index (χ4n) is 2.67. The highest BCUT2D eigenvalue weighted by Gasteiger charge is 2.42. The van der Waals surface area contributed by atoms with Gasteiger partial charge in [0, 0.05) is 17.2 Å². The summed E-state index contributed by atoms with van der Waals surface area (Å²) < 4.78 is 5.66. The maximum Gasteiger partial charge on any atom is 0.261 e. The number of amides is 1. The Labute approximate surface area is 141 Å². The van der Waals surface area contributed by atoms with E-state index < -0.39 is 5.54 Å². The van der Waals surface area contributed by atoms with E-state index in [1.165, 1.54) is 6.08 Å². The first-order valence-electron chi connectivity index (χ1n) is 7.82. The molecule has 122 valence electrons. The molecule has 3 rings (SSSR count). The number of ether oxygens (including phenoxy) is 1. The van der Waals surface area contributed by atoms with E-state index in [-0.39, 0.29) is 11.7 Å². The SMILES string of the molecule is CC1(C)CO/C(=C\C(=O)c2ccccc2)N1C(=O)c1ccccc1. The molecular weight excluding hydrogens is 302 g/mol. The molecule has 1 saturated heterocycles. The molecule has 4 nitrogen and oxygen atoms in total. The van der Waals surface area contributed by atoms with E-state index in [9.17, 15) is 9.59 Å². The van der Waals surface area contributed by atoms with Crippen LogP contribution in [0.4, 0.5) is 0 Å². The first kappa shape index (κ1) is 16.0. The van der Waals surface area contributed by atoms with Crippen LogP contribution in [0.15, 0.2) is 72.6 Å². The van der Waals surface area contributed by atoms with Gasteiger partial charge in [-0.2, -0.15) is 0 Å². The molecule has 1 aliphatic rings. The third kappa shape index (κ3) is 3.08. The zero-order valence-electron chi connectivity index (χ0n) is 13.7. The van der Waals surface area contributed by atoms with E-state index in [0.29, 0.717) is 23.6 Å². The van der Waals surface area contributed by atoms with Gasteiger partial charge < -0.3 is 4.74 Å². The molecule has 0 bridgehead atoms. The molecule has 1 aliphatic heterocycles. The molecule has 0 spiro atoms. The minimum Gasteiger partial charge on any atom is -0.476 e. The molecule has 1 fully saturated rings. The van der Waals surface area contributed by atoms with Crippen LogP contribution in [-0.2, 0) is 4.74 Å². The fraction of sp³-hybridized carbons (Fsp3) is 0.200. The Morgan fingerprint density at radius 2 is 1.50 bits per heavy atom. The molecular formula is C20H19NO3. The van der Waals surface area contributed by atoms with Gasteiger partial charge in [0.25, 0.3) is 5.91 Å². The highest BCUT2D eigenvalue weighted by molar-refractivity contribution is 6.05. The molecule has 0 unspecified atom stereocenters. The van der Waals surface area contributed by atoms with Crippen LogP contribution in [0.25, 0.3) is 0 Å². The van der Waals surface area contributed by atoms with E-state index in [1.54, 1.807) is 41.3 Å². The second-order valence-electron chi connectivity index (χ2n) is 6.32. The van der Waals surface area contributed by atoms with Crippen LogP contribution in [0.2, 0.25) is 0 Å². The third-order valence-corrected chi connectivity index (χ3v) is 3.94. The van der Waals surface area contributed by atoms with E-state index in [2.05, 4.69) is 0 Å². The maximum atomic E-state index is 12.9.